The summed E-state index contributed by atoms with van der Waals surface area (Å²) < 4.78 is 15.9. The summed E-state index contributed by atoms with van der Waals surface area (Å²) in [5.41, 5.74) is 9.74. The smallest absolute Gasteiger partial charge is 0.303 e. The molecule has 0 spiro atoms. The normalized spacial score (nSPS) is 11.6. The number of esters is 3. The van der Waals surface area contributed by atoms with Crippen LogP contribution in [-0.4, -0.2) is 37.8 Å². The van der Waals surface area contributed by atoms with Crippen molar-refractivity contribution in [2.24, 2.45) is 0 Å². The second-order valence-electron chi connectivity index (χ2n) is 13.9. The Morgan fingerprint density at radius 3 is 1.04 bits per heavy atom. The number of aryl methyl sites for hydroxylation is 1. The van der Waals surface area contributed by atoms with Crippen molar-refractivity contribution in [3.8, 4) is 0 Å². The van der Waals surface area contributed by atoms with Crippen LogP contribution >= 0.6 is 0 Å². The summed E-state index contributed by atoms with van der Waals surface area (Å²) in [5, 5.41) is 3.67. The summed E-state index contributed by atoms with van der Waals surface area (Å²) in [6.45, 7) is 6.37. The zero-order chi connectivity index (χ0) is 39.7. The van der Waals surface area contributed by atoms with Gasteiger partial charge in [0.1, 0.15) is 42.6 Å². The van der Waals surface area contributed by atoms with E-state index in [-0.39, 0.29) is 42.2 Å². The Bertz CT molecular complexity index is 2650. The Balaban J connectivity index is 1.39. The predicted molar refractivity (Wildman–Crippen MR) is 219 cm³/mol. The molecule has 4 heterocycles. The first-order valence-corrected chi connectivity index (χ1v) is 18.4. The number of fused-ring (bicyclic) bond motifs is 4. The number of carbonyl (C=O) groups excluding carboxylic acids is 3. The van der Waals surface area contributed by atoms with Gasteiger partial charge >= 0.3 is 17.9 Å². The fourth-order valence-electron chi connectivity index (χ4n) is 7.18. The van der Waals surface area contributed by atoms with Gasteiger partial charge in [-0.3, -0.25) is 19.4 Å². The molecule has 0 atom stereocenters. The highest BCUT2D eigenvalue weighted by atomic mass is 16.5. The number of pyridine rings is 4. The Labute approximate surface area is 328 Å². The molecule has 0 aliphatic carbocycles. The van der Waals surface area contributed by atoms with Gasteiger partial charge in [-0.05, 0) is 55.5 Å². The molecule has 0 unspecified atom stereocenters. The van der Waals surface area contributed by atoms with E-state index >= 15 is 0 Å². The van der Waals surface area contributed by atoms with Crippen LogP contribution in [0, 0.1) is 6.92 Å². The molecule has 57 heavy (non-hydrogen) atoms. The van der Waals surface area contributed by atoms with Crippen molar-refractivity contribution < 1.29 is 28.6 Å². The van der Waals surface area contributed by atoms with Gasteiger partial charge in [0.2, 0.25) is 0 Å². The van der Waals surface area contributed by atoms with E-state index in [4.69, 9.17) is 34.1 Å². The molecule has 0 radical (unpaired) electrons. The number of aromatic nitrogens is 4. The van der Waals surface area contributed by atoms with Gasteiger partial charge in [-0.2, -0.15) is 4.48 Å². The molecule has 0 amide bonds. The Hall–Kier alpha value is -7.11. The van der Waals surface area contributed by atoms with Gasteiger partial charge in [0.15, 0.2) is 0 Å². The van der Waals surface area contributed by atoms with E-state index in [0.29, 0.717) is 17.1 Å². The number of hydrogen-bond acceptors (Lipinski definition) is 10. The van der Waals surface area contributed by atoms with Crippen LogP contribution in [0.15, 0.2) is 121 Å². The maximum Gasteiger partial charge on any atom is 0.303 e. The van der Waals surface area contributed by atoms with E-state index in [2.05, 4.69) is 60.7 Å². The van der Waals surface area contributed by atoms with Gasteiger partial charge in [0.05, 0.1) is 39.1 Å². The average Bonchev–Trinajstić information content (AvgIpc) is 3.21. The molecule has 11 nitrogen and oxygen atoms in total. The summed E-state index contributed by atoms with van der Waals surface area (Å²) in [6.07, 6.45) is 0. The summed E-state index contributed by atoms with van der Waals surface area (Å²) in [7, 11) is 0. The van der Waals surface area contributed by atoms with Gasteiger partial charge in [-0.1, -0.05) is 24.3 Å². The topological polar surface area (TPSA) is 130 Å². The number of quaternary nitrogens is 1. The van der Waals surface area contributed by atoms with Gasteiger partial charge in [-0.25, -0.2) is 15.0 Å². The molecule has 0 aliphatic rings. The first-order chi connectivity index (χ1) is 27.5. The van der Waals surface area contributed by atoms with E-state index in [1.165, 1.54) is 20.8 Å². The maximum atomic E-state index is 11.5. The Kier molecular flexibility index (Phi) is 9.82. The third-order valence-corrected chi connectivity index (χ3v) is 9.82. The van der Waals surface area contributed by atoms with Crippen LogP contribution in [0.4, 0.5) is 22.7 Å². The summed E-state index contributed by atoms with van der Waals surface area (Å²) in [4.78, 5) is 53.9. The van der Waals surface area contributed by atoms with Crippen molar-refractivity contribution in [3.63, 3.8) is 0 Å². The highest BCUT2D eigenvalue weighted by Gasteiger charge is 2.40. The zero-order valence-electron chi connectivity index (χ0n) is 31.9. The quantitative estimate of drug-likeness (QED) is 0.0755. The molecule has 0 aliphatic heterocycles. The van der Waals surface area contributed by atoms with Crippen LogP contribution in [0.2, 0.25) is 0 Å². The third-order valence-electron chi connectivity index (χ3n) is 9.82. The molecular formula is C46H38N5O6+. The van der Waals surface area contributed by atoms with Crippen LogP contribution in [-0.2, 0) is 48.4 Å². The van der Waals surface area contributed by atoms with E-state index in [1.54, 1.807) is 0 Å². The Morgan fingerprint density at radius 1 is 0.421 bits per heavy atom. The van der Waals surface area contributed by atoms with Crippen molar-refractivity contribution >= 4 is 84.3 Å². The minimum absolute atomic E-state index is 0.0824. The first-order valence-electron chi connectivity index (χ1n) is 18.4. The predicted octanol–water partition coefficient (Wildman–Crippen LogP) is 9.68. The van der Waals surface area contributed by atoms with Crippen molar-refractivity contribution in [1.82, 2.24) is 24.4 Å². The largest absolute Gasteiger partial charge is 0.459 e. The van der Waals surface area contributed by atoms with Crippen LogP contribution in [0.1, 0.15) is 43.5 Å². The molecule has 0 saturated carbocycles. The number of nitrogens with zero attached hydrogens (tertiary/aromatic N) is 5. The number of benzene rings is 4. The molecule has 11 heteroatoms. The van der Waals surface area contributed by atoms with E-state index in [1.807, 2.05) is 67.6 Å². The molecule has 4 aromatic heterocycles. The Morgan fingerprint density at radius 2 is 0.719 bits per heavy atom. The van der Waals surface area contributed by atoms with Gasteiger partial charge < -0.3 is 14.2 Å². The van der Waals surface area contributed by atoms with Crippen LogP contribution < -0.4 is 4.48 Å². The molecule has 282 valence electrons. The van der Waals surface area contributed by atoms with Gasteiger partial charge in [0.25, 0.3) is 0 Å². The summed E-state index contributed by atoms with van der Waals surface area (Å²) in [6, 6.07) is 40.7. The maximum absolute atomic E-state index is 11.5. The summed E-state index contributed by atoms with van der Waals surface area (Å²) >= 11 is 0. The zero-order valence-corrected chi connectivity index (χ0v) is 31.9. The van der Waals surface area contributed by atoms with Crippen molar-refractivity contribution in [2.75, 3.05) is 0 Å². The van der Waals surface area contributed by atoms with Gasteiger partial charge in [0, 0.05) is 96.5 Å². The molecule has 0 N–H and O–H groups in total. The van der Waals surface area contributed by atoms with E-state index < -0.39 is 0 Å². The second kappa shape index (κ2) is 15.2. The molecule has 8 rings (SSSR count). The fourth-order valence-corrected chi connectivity index (χ4v) is 7.18. The van der Waals surface area contributed by atoms with Crippen molar-refractivity contribution in [3.05, 3.63) is 144 Å². The minimum atomic E-state index is -0.368. The lowest BCUT2D eigenvalue weighted by Crippen LogP contribution is -2.33. The molecular weight excluding hydrogens is 719 g/mol. The second-order valence-corrected chi connectivity index (χ2v) is 13.9. The number of ether oxygens (including phenoxy) is 3. The van der Waals surface area contributed by atoms with Crippen LogP contribution in [0.25, 0.3) is 43.6 Å². The van der Waals surface area contributed by atoms with Gasteiger partial charge in [-0.15, -0.1) is 0 Å². The fraction of sp³-hybridized carbons (Fsp3) is 0.152. The molecule has 0 bridgehead atoms. The lowest BCUT2D eigenvalue weighted by molar-refractivity contribution is -0.143. The number of hydrogen-bond donors (Lipinski definition) is 0. The average molecular weight is 757 g/mol. The SMILES string of the molecule is CC(=O)OCc1ccc2cc([N+](c3ccc4nc(C)ccc4c3)(c3ccc4nc(COC(C)=O)ccc4c3)c3ccc4nc(COC(C)=O)ccc4c3)ccc2n1. The highest BCUT2D eigenvalue weighted by molar-refractivity contribution is 5.96. The standard InChI is InChI=1S/C46H38N5O6/c1-28-5-6-32-21-39(13-17-43(32)47-28)51(40-14-18-44-33(22-40)7-10-36(48-44)25-55-29(2)52,41-15-19-45-34(23-41)8-11-37(49-45)26-56-30(3)53)42-16-20-46-35(24-42)9-12-38(50-46)27-57-31(4)54/h5-24H,25-27H2,1-4H3/q+1. The van der Waals surface area contributed by atoms with E-state index in [0.717, 1.165) is 72.1 Å². The lowest BCUT2D eigenvalue weighted by atomic mass is 10.0. The molecule has 0 fully saturated rings. The number of carbonyl (C=O) groups is 3. The minimum Gasteiger partial charge on any atom is -0.459 e. The van der Waals surface area contributed by atoms with Crippen LogP contribution in [0.3, 0.4) is 0 Å². The van der Waals surface area contributed by atoms with Crippen LogP contribution in [0.5, 0.6) is 0 Å². The monoisotopic (exact) mass is 756 g/mol. The van der Waals surface area contributed by atoms with Crippen molar-refractivity contribution in [1.29, 1.82) is 0 Å². The molecule has 8 aromatic rings. The van der Waals surface area contributed by atoms with E-state index in [9.17, 15) is 14.4 Å². The lowest BCUT2D eigenvalue weighted by Gasteiger charge is -2.37. The third kappa shape index (κ3) is 7.48. The number of rotatable bonds is 10. The van der Waals surface area contributed by atoms with Crippen molar-refractivity contribution in [2.45, 2.75) is 47.5 Å². The molecule has 0 saturated heterocycles. The molecule has 4 aromatic carbocycles. The highest BCUT2D eigenvalue weighted by Crippen LogP contribution is 2.53. The first kappa shape index (κ1) is 36.8. The summed E-state index contributed by atoms with van der Waals surface area (Å²) in [5.74, 6) is -1.10.